The molecule has 0 N–H and O–H groups in total. The Balaban J connectivity index is 1.38. The quantitative estimate of drug-likeness (QED) is 0.181. The molecule has 212 valence electrons. The van der Waals surface area contributed by atoms with Crippen molar-refractivity contribution < 1.29 is 30.5 Å². The van der Waals surface area contributed by atoms with Crippen molar-refractivity contribution in [1.82, 2.24) is 0 Å². The molecule has 0 aliphatic heterocycles. The fourth-order valence-corrected chi connectivity index (χ4v) is 5.93. The zero-order valence-electron chi connectivity index (χ0n) is 42.4. The van der Waals surface area contributed by atoms with Gasteiger partial charge in [-0.1, -0.05) is 145 Å². The number of furan rings is 1. The van der Waals surface area contributed by atoms with Crippen molar-refractivity contribution in [3.63, 3.8) is 0 Å². The number of para-hydroxylation sites is 2. The lowest BCUT2D eigenvalue weighted by Crippen LogP contribution is -1.98. The fraction of sp³-hybridized carbons (Fsp3) is 0.0455. The molecule has 9 rings (SSSR count). The molecule has 0 aliphatic rings. The Morgan fingerprint density at radius 2 is 1.07 bits per heavy atom. The first kappa shape index (κ1) is 13.1. The van der Waals surface area contributed by atoms with E-state index in [-0.39, 0.29) is 65.7 Å². The van der Waals surface area contributed by atoms with E-state index < -0.39 is 128 Å². The van der Waals surface area contributed by atoms with Gasteiger partial charge in [0.1, 0.15) is 11.2 Å². The van der Waals surface area contributed by atoms with E-state index >= 15 is 0 Å². The van der Waals surface area contributed by atoms with Gasteiger partial charge in [0.15, 0.2) is 0 Å². The van der Waals surface area contributed by atoms with E-state index in [9.17, 15) is 11.0 Å². The molecule has 0 saturated heterocycles. The second kappa shape index (κ2) is 10.5. The van der Waals surface area contributed by atoms with Crippen LogP contribution in [0.5, 0.6) is 0 Å². The maximum absolute atomic E-state index is 9.49. The maximum atomic E-state index is 9.49. The van der Waals surface area contributed by atoms with Crippen LogP contribution in [0.15, 0.2) is 162 Å². The second-order valence-corrected chi connectivity index (χ2v) is 10.5. The van der Waals surface area contributed by atoms with E-state index in [1.165, 1.54) is 0 Å². The molecule has 0 atom stereocenters. The topological polar surface area (TPSA) is 13.1 Å². The Morgan fingerprint density at radius 1 is 0.467 bits per heavy atom. The summed E-state index contributed by atoms with van der Waals surface area (Å²) in [4.78, 5) is 0. The molecule has 45 heavy (non-hydrogen) atoms. The van der Waals surface area contributed by atoms with Crippen LogP contribution in [0.1, 0.15) is 48.3 Å². The highest BCUT2D eigenvalue weighted by molar-refractivity contribution is 6.10. The molecule has 0 aliphatic carbocycles. The molecule has 1 heterocycles. The van der Waals surface area contributed by atoms with E-state index in [2.05, 4.69) is 0 Å². The lowest BCUT2D eigenvalue weighted by molar-refractivity contribution is 0.670. The Labute approximate surface area is 288 Å². The van der Waals surface area contributed by atoms with Gasteiger partial charge in [-0.05, 0) is 85.1 Å². The summed E-state index contributed by atoms with van der Waals surface area (Å²) >= 11 is 0. The average Bonchev–Trinajstić information content (AvgIpc) is 3.67. The summed E-state index contributed by atoms with van der Waals surface area (Å²) in [7, 11) is 0. The van der Waals surface area contributed by atoms with Crippen molar-refractivity contribution in [2.45, 2.75) is 12.8 Å². The molecule has 0 spiro atoms. The molecule has 1 nitrogen and oxygen atoms in total. The van der Waals surface area contributed by atoms with Crippen molar-refractivity contribution in [1.29, 1.82) is 0 Å². The Hall–Kier alpha value is -5.66. The molecule has 9 aromatic rings. The molecule has 0 radical (unpaired) electrons. The molecule has 0 fully saturated rings. The van der Waals surface area contributed by atoms with Crippen molar-refractivity contribution in [3.8, 4) is 11.1 Å². The van der Waals surface area contributed by atoms with Gasteiger partial charge in [0.2, 0.25) is 0 Å². The summed E-state index contributed by atoms with van der Waals surface area (Å²) in [5.74, 6) is 0. The summed E-state index contributed by atoms with van der Waals surface area (Å²) in [5.41, 5.74) is 0.0665. The number of hydrogen-bond donors (Lipinski definition) is 0. The molecule has 1 aromatic heterocycles. The van der Waals surface area contributed by atoms with Crippen molar-refractivity contribution in [3.05, 3.63) is 180 Å². The molecule has 8 aromatic carbocycles. The monoisotopic (exact) mass is 593 g/mol. The number of benzene rings is 8. The van der Waals surface area contributed by atoms with Crippen LogP contribution in [-0.2, 0) is 12.8 Å². The SMILES string of the molecule is [2H]c1c([2H])c([2H])c(Cc2c3c([2H])c([2H])c([2H])c([2H])c3c(Cc3c([2H])c([2H])c4c([2H])c(-c5cccc6c5oc5ccccc56)c([2H])c([2H])c4c3[2H])c3c([2H])c([2H])c([2H])c([2H])c23)c([2H])c1[2H]. The summed E-state index contributed by atoms with van der Waals surface area (Å²) in [6.07, 6.45) is -1.32. The van der Waals surface area contributed by atoms with Gasteiger partial charge in [-0.2, -0.15) is 0 Å². The van der Waals surface area contributed by atoms with E-state index in [1.54, 1.807) is 24.3 Å². The van der Waals surface area contributed by atoms with Crippen LogP contribution in [0, 0.1) is 0 Å². The zero-order chi connectivity index (χ0) is 46.3. The molecule has 0 unspecified atom stereocenters. The van der Waals surface area contributed by atoms with Crippen LogP contribution in [0.2, 0.25) is 0 Å². The largest absolute Gasteiger partial charge is 0.455 e. The van der Waals surface area contributed by atoms with Gasteiger partial charge in [0.25, 0.3) is 0 Å². The van der Waals surface area contributed by atoms with Crippen LogP contribution in [-0.4, -0.2) is 0 Å². The Bertz CT molecular complexity index is 3500. The first-order valence-corrected chi connectivity index (χ1v) is 14.1. The third kappa shape index (κ3) is 4.39. The van der Waals surface area contributed by atoms with Gasteiger partial charge >= 0.3 is 0 Å². The second-order valence-electron chi connectivity index (χ2n) is 10.5. The highest BCUT2D eigenvalue weighted by atomic mass is 16.3. The van der Waals surface area contributed by atoms with Crippen LogP contribution in [0.4, 0.5) is 0 Å². The first-order valence-electron chi connectivity index (χ1n) is 23.6. The Kier molecular flexibility index (Phi) is 3.07. The highest BCUT2D eigenvalue weighted by Crippen LogP contribution is 2.38. The molecular formula is C44H30O. The van der Waals surface area contributed by atoms with E-state index in [4.69, 9.17) is 19.5 Å². The lowest BCUT2D eigenvalue weighted by atomic mass is 9.86. The number of fused-ring (bicyclic) bond motifs is 6. The molecule has 0 bridgehead atoms. The van der Waals surface area contributed by atoms with Gasteiger partial charge in [-0.15, -0.1) is 0 Å². The highest BCUT2D eigenvalue weighted by Gasteiger charge is 2.16. The fourth-order valence-electron chi connectivity index (χ4n) is 5.93. The smallest absolute Gasteiger partial charge is 0.143 e. The van der Waals surface area contributed by atoms with Crippen molar-refractivity contribution in [2.24, 2.45) is 0 Å². The van der Waals surface area contributed by atoms with E-state index in [1.807, 2.05) is 18.2 Å². The Morgan fingerprint density at radius 3 is 1.80 bits per heavy atom. The van der Waals surface area contributed by atoms with Crippen molar-refractivity contribution in [2.75, 3.05) is 0 Å². The average molecular weight is 594 g/mol. The minimum Gasteiger partial charge on any atom is -0.455 e. The van der Waals surface area contributed by atoms with Gasteiger partial charge < -0.3 is 4.42 Å². The van der Waals surface area contributed by atoms with Crippen LogP contribution >= 0.6 is 0 Å². The number of rotatable bonds is 5. The predicted molar refractivity (Wildman–Crippen MR) is 190 cm³/mol. The van der Waals surface area contributed by atoms with Gasteiger partial charge in [-0.25, -0.2) is 0 Å². The summed E-state index contributed by atoms with van der Waals surface area (Å²) in [6.45, 7) is 0. The first-order chi connectivity index (χ1) is 30.2. The standard InChI is InChI=1S/C44H30O/c1-2-11-29(12-3-1)26-41-35-13-4-6-15-37(35)42(38-16-7-5-14-36(38)41)27-30-21-22-32-28-33(24-23-31(32)25-30)34-18-10-19-40-39-17-8-9-20-43(39)45-44(34)40/h1-25,28H,26-27H2/i1D,2D,3D,4D,5D,6D,7D,11D,12D,13D,14D,15D,16D,21D,22D,23D,24D,25D,28D. The predicted octanol–water partition coefficient (Wildman–Crippen LogP) is 11.9. The minimum absolute atomic E-state index is 0.0686. The summed E-state index contributed by atoms with van der Waals surface area (Å²) in [5, 5.41) is -0.383. The summed E-state index contributed by atoms with van der Waals surface area (Å²) < 4.78 is 175. The molecule has 1 heteroatoms. The lowest BCUT2D eigenvalue weighted by Gasteiger charge is -2.17. The third-order valence-electron chi connectivity index (χ3n) is 7.94. The molecule has 0 amide bonds. The van der Waals surface area contributed by atoms with Gasteiger partial charge in [-0.3, -0.25) is 0 Å². The van der Waals surface area contributed by atoms with Crippen LogP contribution < -0.4 is 0 Å². The minimum atomic E-state index is -0.747. The summed E-state index contributed by atoms with van der Waals surface area (Å²) in [6, 6.07) is 0.0614. The van der Waals surface area contributed by atoms with E-state index in [0.29, 0.717) is 16.6 Å². The van der Waals surface area contributed by atoms with Gasteiger partial charge in [0.05, 0.1) is 26.0 Å². The van der Waals surface area contributed by atoms with Crippen molar-refractivity contribution >= 4 is 54.3 Å². The maximum Gasteiger partial charge on any atom is 0.143 e. The van der Waals surface area contributed by atoms with Crippen LogP contribution in [0.25, 0.3) is 65.4 Å². The molecule has 0 saturated carbocycles. The molecular weight excluding hydrogens is 544 g/mol. The van der Waals surface area contributed by atoms with Crippen LogP contribution in [0.3, 0.4) is 0 Å². The zero-order valence-corrected chi connectivity index (χ0v) is 23.4. The van der Waals surface area contributed by atoms with E-state index in [0.717, 1.165) is 5.39 Å². The number of hydrogen-bond acceptors (Lipinski definition) is 1. The van der Waals surface area contributed by atoms with Gasteiger partial charge in [0, 0.05) is 16.3 Å². The normalized spacial score (nSPS) is 17.6. The third-order valence-corrected chi connectivity index (χ3v) is 7.94.